The van der Waals surface area contributed by atoms with Crippen LogP contribution in [-0.2, 0) is 17.8 Å². The Morgan fingerprint density at radius 1 is 1.29 bits per heavy atom. The molecule has 0 aliphatic carbocycles. The summed E-state index contributed by atoms with van der Waals surface area (Å²) >= 11 is 0. The molecule has 0 saturated carbocycles. The lowest BCUT2D eigenvalue weighted by Gasteiger charge is -2.16. The highest BCUT2D eigenvalue weighted by Gasteiger charge is 2.25. The smallest absolute Gasteiger partial charge is 0.305 e. The number of aliphatic carboxylic acids is 1. The van der Waals surface area contributed by atoms with Gasteiger partial charge in [-0.3, -0.25) is 14.3 Å². The van der Waals surface area contributed by atoms with Crippen LogP contribution in [0.15, 0.2) is 36.7 Å². The van der Waals surface area contributed by atoms with Gasteiger partial charge < -0.3 is 10.0 Å². The molecular weight excluding hydrogens is 270 g/mol. The summed E-state index contributed by atoms with van der Waals surface area (Å²) in [6, 6.07) is 7.85. The first-order chi connectivity index (χ1) is 10.1. The number of para-hydroxylation sites is 1. The van der Waals surface area contributed by atoms with E-state index in [1.807, 2.05) is 24.3 Å². The maximum Gasteiger partial charge on any atom is 0.305 e. The number of amides is 1. The third-order valence-corrected chi connectivity index (χ3v) is 3.57. The molecule has 0 bridgehead atoms. The Bertz CT molecular complexity index is 693. The van der Waals surface area contributed by atoms with Crippen LogP contribution in [0.3, 0.4) is 0 Å². The van der Waals surface area contributed by atoms with Crippen molar-refractivity contribution in [1.29, 1.82) is 0 Å². The molecule has 0 fully saturated rings. The first-order valence-electron chi connectivity index (χ1n) is 6.79. The van der Waals surface area contributed by atoms with Crippen molar-refractivity contribution in [2.24, 2.45) is 0 Å². The maximum absolute atomic E-state index is 12.5. The van der Waals surface area contributed by atoms with E-state index in [-0.39, 0.29) is 18.9 Å². The predicted molar refractivity (Wildman–Crippen MR) is 76.3 cm³/mol. The van der Waals surface area contributed by atoms with E-state index in [4.69, 9.17) is 5.11 Å². The minimum Gasteiger partial charge on any atom is -0.481 e. The molecule has 1 aromatic carbocycles. The molecule has 1 aliphatic rings. The lowest BCUT2D eigenvalue weighted by Crippen LogP contribution is -2.28. The number of benzene rings is 1. The van der Waals surface area contributed by atoms with E-state index < -0.39 is 5.97 Å². The topological polar surface area (TPSA) is 75.4 Å². The van der Waals surface area contributed by atoms with Gasteiger partial charge in [0.05, 0.1) is 24.7 Å². The third kappa shape index (κ3) is 2.65. The summed E-state index contributed by atoms with van der Waals surface area (Å²) in [5.41, 5.74) is 2.60. The van der Waals surface area contributed by atoms with Crippen LogP contribution in [0, 0.1) is 0 Å². The first kappa shape index (κ1) is 13.4. The van der Waals surface area contributed by atoms with Crippen LogP contribution in [0.4, 0.5) is 5.69 Å². The first-order valence-corrected chi connectivity index (χ1v) is 6.79. The van der Waals surface area contributed by atoms with Crippen molar-refractivity contribution in [3.05, 3.63) is 47.8 Å². The summed E-state index contributed by atoms with van der Waals surface area (Å²) in [6.07, 6.45) is 3.94. The number of carboxylic acid groups (broad SMARTS) is 1. The summed E-state index contributed by atoms with van der Waals surface area (Å²) < 4.78 is 1.49. The number of rotatable bonds is 4. The average Bonchev–Trinajstić information content (AvgIpc) is 3.11. The van der Waals surface area contributed by atoms with Crippen molar-refractivity contribution in [3.63, 3.8) is 0 Å². The highest BCUT2D eigenvalue weighted by molar-refractivity contribution is 6.07. The standard InChI is InChI=1S/C15H15N3O3/c19-14(20)6-7-17-10-12(9-16-17)15(21)18-8-5-11-3-1-2-4-13(11)18/h1-4,9-10H,5-8H2,(H,19,20). The zero-order valence-corrected chi connectivity index (χ0v) is 11.4. The van der Waals surface area contributed by atoms with E-state index in [2.05, 4.69) is 5.10 Å². The maximum atomic E-state index is 12.5. The fraction of sp³-hybridized carbons (Fsp3) is 0.267. The second kappa shape index (κ2) is 5.40. The molecule has 21 heavy (non-hydrogen) atoms. The number of carboxylic acids is 1. The Hall–Kier alpha value is -2.63. The Kier molecular flexibility index (Phi) is 3.43. The van der Waals surface area contributed by atoms with Gasteiger partial charge in [-0.1, -0.05) is 18.2 Å². The van der Waals surface area contributed by atoms with Crippen molar-refractivity contribution in [2.75, 3.05) is 11.4 Å². The van der Waals surface area contributed by atoms with Gasteiger partial charge in [0.15, 0.2) is 0 Å². The lowest BCUT2D eigenvalue weighted by molar-refractivity contribution is -0.137. The molecule has 0 spiro atoms. The molecule has 108 valence electrons. The molecule has 1 amide bonds. The molecule has 0 radical (unpaired) electrons. The van der Waals surface area contributed by atoms with Gasteiger partial charge in [-0.25, -0.2) is 0 Å². The van der Waals surface area contributed by atoms with Gasteiger partial charge in [-0.2, -0.15) is 5.10 Å². The highest BCUT2D eigenvalue weighted by atomic mass is 16.4. The molecule has 6 nitrogen and oxygen atoms in total. The number of hydrogen-bond acceptors (Lipinski definition) is 3. The molecule has 1 N–H and O–H groups in total. The van der Waals surface area contributed by atoms with E-state index in [1.165, 1.54) is 16.4 Å². The van der Waals surface area contributed by atoms with Gasteiger partial charge in [0.1, 0.15) is 0 Å². The Balaban J connectivity index is 1.76. The number of nitrogens with zero attached hydrogens (tertiary/aromatic N) is 3. The van der Waals surface area contributed by atoms with Gasteiger partial charge in [0.2, 0.25) is 0 Å². The van der Waals surface area contributed by atoms with Crippen molar-refractivity contribution < 1.29 is 14.7 Å². The normalized spacial score (nSPS) is 13.2. The molecule has 0 saturated heterocycles. The SMILES string of the molecule is O=C(O)CCn1cc(C(=O)N2CCc3ccccc32)cn1. The number of aromatic nitrogens is 2. The molecule has 0 atom stereocenters. The molecule has 1 aliphatic heterocycles. The van der Waals surface area contributed by atoms with Crippen molar-refractivity contribution >= 4 is 17.6 Å². The van der Waals surface area contributed by atoms with Crippen LogP contribution in [-0.4, -0.2) is 33.3 Å². The summed E-state index contributed by atoms with van der Waals surface area (Å²) in [7, 11) is 0. The zero-order valence-electron chi connectivity index (χ0n) is 11.4. The van der Waals surface area contributed by atoms with Gasteiger partial charge >= 0.3 is 5.97 Å². The fourth-order valence-electron chi connectivity index (χ4n) is 2.51. The molecule has 2 aromatic rings. The summed E-state index contributed by atoms with van der Waals surface area (Å²) in [6.45, 7) is 0.928. The second-order valence-corrected chi connectivity index (χ2v) is 4.97. The fourth-order valence-corrected chi connectivity index (χ4v) is 2.51. The molecule has 0 unspecified atom stereocenters. The van der Waals surface area contributed by atoms with Gasteiger partial charge in [-0.15, -0.1) is 0 Å². The van der Waals surface area contributed by atoms with E-state index in [1.54, 1.807) is 11.1 Å². The van der Waals surface area contributed by atoms with Crippen LogP contribution >= 0.6 is 0 Å². The molecular formula is C15H15N3O3. The molecule has 1 aromatic heterocycles. The number of hydrogen-bond donors (Lipinski definition) is 1. The third-order valence-electron chi connectivity index (χ3n) is 3.57. The van der Waals surface area contributed by atoms with Crippen LogP contribution in [0.25, 0.3) is 0 Å². The lowest BCUT2D eigenvalue weighted by atomic mass is 10.2. The number of carbonyl (C=O) groups is 2. The zero-order chi connectivity index (χ0) is 14.8. The minimum absolute atomic E-state index is 0.0120. The summed E-state index contributed by atoms with van der Waals surface area (Å²) in [5.74, 6) is -0.978. The number of anilines is 1. The monoisotopic (exact) mass is 285 g/mol. The van der Waals surface area contributed by atoms with Crippen molar-refractivity contribution in [1.82, 2.24) is 9.78 Å². The number of aryl methyl sites for hydroxylation is 1. The van der Waals surface area contributed by atoms with E-state index in [0.717, 1.165) is 12.1 Å². The van der Waals surface area contributed by atoms with Crippen molar-refractivity contribution in [3.8, 4) is 0 Å². The van der Waals surface area contributed by atoms with Crippen LogP contribution in [0.5, 0.6) is 0 Å². The van der Waals surface area contributed by atoms with E-state index in [9.17, 15) is 9.59 Å². The number of carbonyl (C=O) groups excluding carboxylic acids is 1. The van der Waals surface area contributed by atoms with Gasteiger partial charge in [0.25, 0.3) is 5.91 Å². The van der Waals surface area contributed by atoms with E-state index >= 15 is 0 Å². The van der Waals surface area contributed by atoms with E-state index in [0.29, 0.717) is 12.1 Å². The molecule has 2 heterocycles. The van der Waals surface area contributed by atoms with Crippen molar-refractivity contribution in [2.45, 2.75) is 19.4 Å². The Labute approximate surface area is 121 Å². The largest absolute Gasteiger partial charge is 0.481 e. The minimum atomic E-state index is -0.883. The molecule has 6 heteroatoms. The van der Waals surface area contributed by atoms with Gasteiger partial charge in [-0.05, 0) is 18.1 Å². The Morgan fingerprint density at radius 2 is 2.10 bits per heavy atom. The van der Waals surface area contributed by atoms with Crippen LogP contribution in [0.2, 0.25) is 0 Å². The second-order valence-electron chi connectivity index (χ2n) is 4.97. The van der Waals surface area contributed by atoms with Crippen LogP contribution < -0.4 is 4.90 Å². The summed E-state index contributed by atoms with van der Waals surface area (Å²) in [5, 5.41) is 12.7. The predicted octanol–water partition coefficient (Wildman–Crippen LogP) is 1.56. The summed E-state index contributed by atoms with van der Waals surface area (Å²) in [4.78, 5) is 24.8. The van der Waals surface area contributed by atoms with Crippen LogP contribution in [0.1, 0.15) is 22.3 Å². The molecule has 3 rings (SSSR count). The quantitative estimate of drug-likeness (QED) is 0.925. The Morgan fingerprint density at radius 3 is 2.90 bits per heavy atom. The number of fused-ring (bicyclic) bond motifs is 1. The average molecular weight is 285 g/mol. The highest BCUT2D eigenvalue weighted by Crippen LogP contribution is 2.28. The van der Waals surface area contributed by atoms with Gasteiger partial charge in [0, 0.05) is 18.4 Å².